The molecule has 0 aliphatic heterocycles. The van der Waals surface area contributed by atoms with Crippen LogP contribution >= 0.6 is 0 Å². The van der Waals surface area contributed by atoms with Gasteiger partial charge < -0.3 is 5.73 Å². The quantitative estimate of drug-likeness (QED) is 0.772. The van der Waals surface area contributed by atoms with Gasteiger partial charge in [-0.3, -0.25) is 9.97 Å². The number of halogens is 1. The van der Waals surface area contributed by atoms with Crippen LogP contribution in [0, 0.1) is 12.7 Å². The third-order valence-electron chi connectivity index (χ3n) is 2.18. The van der Waals surface area contributed by atoms with Gasteiger partial charge in [0.15, 0.2) is 5.82 Å². The van der Waals surface area contributed by atoms with Gasteiger partial charge in [-0.25, -0.2) is 4.39 Å². The molecule has 2 aromatic rings. The number of hydrogen-bond donors (Lipinski definition) is 1. The molecule has 0 saturated carbocycles. The number of hydrogen-bond acceptors (Lipinski definition) is 3. The van der Waals surface area contributed by atoms with E-state index >= 15 is 0 Å². The van der Waals surface area contributed by atoms with E-state index in [9.17, 15) is 4.39 Å². The summed E-state index contributed by atoms with van der Waals surface area (Å²) < 4.78 is 13.4. The van der Waals surface area contributed by atoms with Crippen LogP contribution in [0.5, 0.6) is 0 Å². The van der Waals surface area contributed by atoms with Crippen LogP contribution in [0.4, 0.5) is 10.1 Å². The minimum Gasteiger partial charge on any atom is -0.397 e. The lowest BCUT2D eigenvalue weighted by Crippen LogP contribution is -1.95. The molecule has 2 rings (SSSR count). The van der Waals surface area contributed by atoms with Crippen molar-refractivity contribution in [1.82, 2.24) is 9.97 Å². The average Bonchev–Trinajstić information content (AvgIpc) is 2.23. The summed E-state index contributed by atoms with van der Waals surface area (Å²) in [7, 11) is 0. The largest absolute Gasteiger partial charge is 0.397 e. The zero-order chi connectivity index (χ0) is 10.8. The van der Waals surface area contributed by atoms with Gasteiger partial charge in [-0.05, 0) is 25.1 Å². The number of rotatable bonds is 1. The molecule has 76 valence electrons. The summed E-state index contributed by atoms with van der Waals surface area (Å²) in [5.41, 5.74) is 7.95. The van der Waals surface area contributed by atoms with E-state index in [0.29, 0.717) is 22.6 Å². The molecule has 0 unspecified atom stereocenters. The van der Waals surface area contributed by atoms with E-state index in [1.807, 2.05) is 0 Å². The van der Waals surface area contributed by atoms with Crippen molar-refractivity contribution >= 4 is 5.69 Å². The lowest BCUT2D eigenvalue weighted by molar-refractivity contribution is 0.624. The van der Waals surface area contributed by atoms with Gasteiger partial charge in [-0.1, -0.05) is 0 Å². The Morgan fingerprint density at radius 1 is 1.27 bits per heavy atom. The molecule has 0 saturated heterocycles. The molecule has 0 aromatic carbocycles. The number of aryl methyl sites for hydroxylation is 1. The first-order valence-electron chi connectivity index (χ1n) is 4.51. The van der Waals surface area contributed by atoms with Crippen molar-refractivity contribution in [3.05, 3.63) is 42.1 Å². The lowest BCUT2D eigenvalue weighted by atomic mass is 10.1. The monoisotopic (exact) mass is 203 g/mol. The van der Waals surface area contributed by atoms with Gasteiger partial charge >= 0.3 is 0 Å². The Morgan fingerprint density at radius 2 is 2.07 bits per heavy atom. The number of aromatic nitrogens is 2. The van der Waals surface area contributed by atoms with Crippen molar-refractivity contribution in [1.29, 1.82) is 0 Å². The van der Waals surface area contributed by atoms with E-state index in [2.05, 4.69) is 9.97 Å². The molecule has 0 amide bonds. The van der Waals surface area contributed by atoms with Crippen molar-refractivity contribution in [3.8, 4) is 11.3 Å². The summed E-state index contributed by atoms with van der Waals surface area (Å²) in [5, 5.41) is 0. The normalized spacial score (nSPS) is 10.3. The second-order valence-corrected chi connectivity index (χ2v) is 3.23. The summed E-state index contributed by atoms with van der Waals surface area (Å²) in [6.07, 6.45) is 2.70. The molecule has 0 aliphatic carbocycles. The van der Waals surface area contributed by atoms with E-state index in [1.54, 1.807) is 25.1 Å². The van der Waals surface area contributed by atoms with Crippen LogP contribution in [0.1, 0.15) is 5.69 Å². The first-order chi connectivity index (χ1) is 7.18. The number of pyridine rings is 2. The third-order valence-corrected chi connectivity index (χ3v) is 2.18. The molecule has 0 atom stereocenters. The molecule has 0 spiro atoms. The standard InChI is InChI=1S/C11H10FN3/c1-7-10(13)2-3-11(15-7)8-4-5-14-6-9(8)12/h2-6H,13H2,1H3. The lowest BCUT2D eigenvalue weighted by Gasteiger charge is -2.04. The highest BCUT2D eigenvalue weighted by molar-refractivity contribution is 5.61. The third kappa shape index (κ3) is 1.79. The van der Waals surface area contributed by atoms with Gasteiger partial charge in [0.2, 0.25) is 0 Å². The van der Waals surface area contributed by atoms with Crippen LogP contribution in [0.25, 0.3) is 11.3 Å². The molecule has 15 heavy (non-hydrogen) atoms. The van der Waals surface area contributed by atoms with Gasteiger partial charge in [-0.2, -0.15) is 0 Å². The fourth-order valence-corrected chi connectivity index (χ4v) is 1.30. The minimum absolute atomic E-state index is 0.380. The average molecular weight is 203 g/mol. The smallest absolute Gasteiger partial charge is 0.150 e. The zero-order valence-electron chi connectivity index (χ0n) is 8.24. The van der Waals surface area contributed by atoms with Gasteiger partial charge in [0.05, 0.1) is 23.3 Å². The van der Waals surface area contributed by atoms with Crippen molar-refractivity contribution < 1.29 is 4.39 Å². The van der Waals surface area contributed by atoms with Crippen molar-refractivity contribution in [2.45, 2.75) is 6.92 Å². The van der Waals surface area contributed by atoms with E-state index in [-0.39, 0.29) is 5.82 Å². The zero-order valence-corrected chi connectivity index (χ0v) is 8.24. The molecule has 2 aromatic heterocycles. The molecular weight excluding hydrogens is 193 g/mol. The van der Waals surface area contributed by atoms with Gasteiger partial charge in [0.1, 0.15) is 0 Å². The topological polar surface area (TPSA) is 51.8 Å². The maximum Gasteiger partial charge on any atom is 0.150 e. The Hall–Kier alpha value is -1.97. The fraction of sp³-hybridized carbons (Fsp3) is 0.0909. The number of anilines is 1. The molecular formula is C11H10FN3. The Kier molecular flexibility index (Phi) is 2.33. The van der Waals surface area contributed by atoms with Crippen molar-refractivity contribution in [3.63, 3.8) is 0 Å². The SMILES string of the molecule is Cc1nc(-c2ccncc2F)ccc1N. The second-order valence-electron chi connectivity index (χ2n) is 3.23. The summed E-state index contributed by atoms with van der Waals surface area (Å²) in [4.78, 5) is 7.89. The molecule has 4 heteroatoms. The maximum atomic E-state index is 13.4. The van der Waals surface area contributed by atoms with E-state index < -0.39 is 0 Å². The Balaban J connectivity index is 2.55. The van der Waals surface area contributed by atoms with Crippen LogP contribution in [-0.2, 0) is 0 Å². The Bertz CT molecular complexity index is 497. The van der Waals surface area contributed by atoms with E-state index in [0.717, 1.165) is 0 Å². The van der Waals surface area contributed by atoms with Gasteiger partial charge in [-0.15, -0.1) is 0 Å². The predicted molar refractivity (Wildman–Crippen MR) is 56.6 cm³/mol. The highest BCUT2D eigenvalue weighted by Crippen LogP contribution is 2.21. The number of nitrogens with two attached hydrogens (primary N) is 1. The number of nitrogen functional groups attached to an aromatic ring is 1. The molecule has 3 nitrogen and oxygen atoms in total. The summed E-state index contributed by atoms with van der Waals surface area (Å²) >= 11 is 0. The van der Waals surface area contributed by atoms with Crippen LogP contribution in [0.3, 0.4) is 0 Å². The molecule has 0 fully saturated rings. The summed E-state index contributed by atoms with van der Waals surface area (Å²) in [6.45, 7) is 1.79. The molecule has 2 N–H and O–H groups in total. The van der Waals surface area contributed by atoms with E-state index in [4.69, 9.17) is 5.73 Å². The van der Waals surface area contributed by atoms with Crippen LogP contribution in [-0.4, -0.2) is 9.97 Å². The molecule has 2 heterocycles. The summed E-state index contributed by atoms with van der Waals surface area (Å²) in [6, 6.07) is 5.01. The predicted octanol–water partition coefficient (Wildman–Crippen LogP) is 2.17. The Labute approximate surface area is 86.8 Å². The molecule has 0 aliphatic rings. The molecule has 0 radical (unpaired) electrons. The van der Waals surface area contributed by atoms with Crippen LogP contribution in [0.15, 0.2) is 30.6 Å². The highest BCUT2D eigenvalue weighted by atomic mass is 19.1. The molecule has 0 bridgehead atoms. The van der Waals surface area contributed by atoms with Crippen molar-refractivity contribution in [2.24, 2.45) is 0 Å². The fourth-order valence-electron chi connectivity index (χ4n) is 1.30. The minimum atomic E-state index is -0.380. The van der Waals surface area contributed by atoms with Gasteiger partial charge in [0.25, 0.3) is 0 Å². The highest BCUT2D eigenvalue weighted by Gasteiger charge is 2.06. The first-order valence-corrected chi connectivity index (χ1v) is 4.51. The number of nitrogens with zero attached hydrogens (tertiary/aromatic N) is 2. The van der Waals surface area contributed by atoms with Crippen LogP contribution in [0.2, 0.25) is 0 Å². The second kappa shape index (κ2) is 3.65. The first kappa shape index (κ1) is 9.58. The maximum absolute atomic E-state index is 13.4. The van der Waals surface area contributed by atoms with Crippen LogP contribution < -0.4 is 5.73 Å². The van der Waals surface area contributed by atoms with E-state index in [1.165, 1.54) is 12.4 Å². The Morgan fingerprint density at radius 3 is 2.73 bits per heavy atom. The summed E-state index contributed by atoms with van der Waals surface area (Å²) in [5.74, 6) is -0.380. The van der Waals surface area contributed by atoms with Gasteiger partial charge in [0, 0.05) is 11.8 Å². The van der Waals surface area contributed by atoms with Crippen molar-refractivity contribution in [2.75, 3.05) is 5.73 Å².